The molecule has 0 saturated heterocycles. The third-order valence-electron chi connectivity index (χ3n) is 6.41. The third kappa shape index (κ3) is 11.5. The summed E-state index contributed by atoms with van der Waals surface area (Å²) in [6.07, 6.45) is -8.50. The zero-order valence-electron chi connectivity index (χ0n) is 24.7. The molecule has 0 bridgehead atoms. The van der Waals surface area contributed by atoms with E-state index in [0.717, 1.165) is 12.1 Å². The van der Waals surface area contributed by atoms with Crippen LogP contribution < -0.4 is 20.5 Å². The highest BCUT2D eigenvalue weighted by Crippen LogP contribution is 2.38. The SMILES string of the molecule is NS(=O)(=O)c1ccc(C(=O)NCCCCCNC(=O)c2cccc(S(=O)(=O)OCCOc3cc(C(F)(F)F)cc(C(F)(F)F)c3)c2)cc1. The van der Waals surface area contributed by atoms with E-state index >= 15 is 0 Å². The van der Waals surface area contributed by atoms with Crippen LogP contribution in [0.3, 0.4) is 0 Å². The van der Waals surface area contributed by atoms with E-state index in [1.165, 1.54) is 36.4 Å². The van der Waals surface area contributed by atoms with E-state index in [1.54, 1.807) is 0 Å². The first-order chi connectivity index (χ1) is 22.3. The number of unbranched alkanes of at least 4 members (excludes halogenated alkanes) is 2. The van der Waals surface area contributed by atoms with E-state index < -0.39 is 79.3 Å². The van der Waals surface area contributed by atoms with Crippen LogP contribution >= 0.6 is 0 Å². The second-order valence-corrected chi connectivity index (χ2v) is 13.2. The second kappa shape index (κ2) is 15.8. The summed E-state index contributed by atoms with van der Waals surface area (Å²) in [4.78, 5) is 24.2. The van der Waals surface area contributed by atoms with Gasteiger partial charge in [0.15, 0.2) is 0 Å². The van der Waals surface area contributed by atoms with Gasteiger partial charge in [-0.15, -0.1) is 0 Å². The van der Waals surface area contributed by atoms with Crippen molar-refractivity contribution in [2.75, 3.05) is 26.3 Å². The maximum atomic E-state index is 13.0. The zero-order chi connectivity index (χ0) is 35.8. The molecule has 0 heterocycles. The minimum Gasteiger partial charge on any atom is -0.491 e. The number of ether oxygens (including phenoxy) is 1. The standard InChI is InChI=1S/C29H29F6N3O8S2/c30-28(31,32)21-16-22(29(33,34)35)18-23(17-21)45-13-14-46-48(43,44)25-6-4-5-20(15-25)27(40)38-12-3-1-2-11-37-26(39)19-7-9-24(10-8-19)47(36,41)42/h4-10,15-18H,1-3,11-14H2,(H,37,39)(H,38,40)(H2,36,41,42). The molecule has 0 saturated carbocycles. The Labute approximate surface area is 271 Å². The molecule has 2 amide bonds. The lowest BCUT2D eigenvalue weighted by Crippen LogP contribution is -2.26. The average molecular weight is 726 g/mol. The molecule has 0 fully saturated rings. The monoisotopic (exact) mass is 725 g/mol. The van der Waals surface area contributed by atoms with Gasteiger partial charge in [-0.05, 0) is 79.9 Å². The van der Waals surface area contributed by atoms with Crippen LogP contribution in [-0.2, 0) is 36.7 Å². The molecule has 19 heteroatoms. The Hall–Kier alpha value is -4.20. The number of hydrogen-bond donors (Lipinski definition) is 3. The molecular formula is C29H29F6N3O8S2. The van der Waals surface area contributed by atoms with Crippen molar-refractivity contribution >= 4 is 32.0 Å². The minimum atomic E-state index is -5.09. The topological polar surface area (TPSA) is 171 Å². The molecule has 3 rings (SSSR count). The lowest BCUT2D eigenvalue weighted by molar-refractivity contribution is -0.143. The van der Waals surface area contributed by atoms with Gasteiger partial charge in [0, 0.05) is 24.2 Å². The highest BCUT2D eigenvalue weighted by Gasteiger charge is 2.37. The predicted molar refractivity (Wildman–Crippen MR) is 158 cm³/mol. The van der Waals surface area contributed by atoms with Crippen LogP contribution in [-0.4, -0.2) is 55.0 Å². The van der Waals surface area contributed by atoms with Gasteiger partial charge < -0.3 is 15.4 Å². The molecule has 3 aromatic rings. The Bertz CT molecular complexity index is 1780. The van der Waals surface area contributed by atoms with Crippen LogP contribution in [0.1, 0.15) is 51.1 Å². The van der Waals surface area contributed by atoms with Crippen molar-refractivity contribution < 1.29 is 61.7 Å². The van der Waals surface area contributed by atoms with Crippen molar-refractivity contribution in [3.05, 3.63) is 89.0 Å². The Morgan fingerprint density at radius 2 is 1.21 bits per heavy atom. The lowest BCUT2D eigenvalue weighted by Gasteiger charge is -2.15. The first-order valence-electron chi connectivity index (χ1n) is 13.9. The summed E-state index contributed by atoms with van der Waals surface area (Å²) in [5.74, 6) is -1.81. The van der Waals surface area contributed by atoms with Crippen molar-refractivity contribution in [1.29, 1.82) is 0 Å². The van der Waals surface area contributed by atoms with Gasteiger partial charge in [-0.1, -0.05) is 6.07 Å². The molecule has 0 aliphatic carbocycles. The highest BCUT2D eigenvalue weighted by molar-refractivity contribution is 7.89. The number of hydrogen-bond acceptors (Lipinski definition) is 8. The number of benzene rings is 3. The van der Waals surface area contributed by atoms with Crippen molar-refractivity contribution in [3.8, 4) is 5.75 Å². The summed E-state index contributed by atoms with van der Waals surface area (Å²) in [7, 11) is -8.37. The Kier molecular flexibility index (Phi) is 12.6. The first-order valence-corrected chi connectivity index (χ1v) is 16.8. The minimum absolute atomic E-state index is 0.0275. The number of halogens is 6. The van der Waals surface area contributed by atoms with Crippen LogP contribution in [0.4, 0.5) is 26.3 Å². The molecule has 0 radical (unpaired) electrons. The molecule has 11 nitrogen and oxygen atoms in total. The molecule has 0 aliphatic rings. The highest BCUT2D eigenvalue weighted by atomic mass is 32.2. The normalized spacial score (nSPS) is 12.4. The van der Waals surface area contributed by atoms with Gasteiger partial charge in [-0.3, -0.25) is 13.8 Å². The Morgan fingerprint density at radius 3 is 1.73 bits per heavy atom. The molecule has 0 aliphatic heterocycles. The summed E-state index contributed by atoms with van der Waals surface area (Å²) in [5, 5.41) is 10.3. The molecular weight excluding hydrogens is 696 g/mol. The third-order valence-corrected chi connectivity index (χ3v) is 8.64. The van der Waals surface area contributed by atoms with Crippen molar-refractivity contribution in [3.63, 3.8) is 0 Å². The summed E-state index contributed by atoms with van der Waals surface area (Å²) in [6, 6.07) is 10.5. The quantitative estimate of drug-likeness (QED) is 0.117. The Balaban J connectivity index is 1.42. The summed E-state index contributed by atoms with van der Waals surface area (Å²) in [5.41, 5.74) is -2.99. The van der Waals surface area contributed by atoms with Crippen LogP contribution in [0.5, 0.6) is 5.75 Å². The fraction of sp³-hybridized carbons (Fsp3) is 0.310. The number of primary sulfonamides is 1. The molecule has 262 valence electrons. The first kappa shape index (κ1) is 38.2. The lowest BCUT2D eigenvalue weighted by atomic mass is 10.1. The fourth-order valence-corrected chi connectivity index (χ4v) is 5.46. The molecule has 48 heavy (non-hydrogen) atoms. The number of nitrogens with one attached hydrogen (secondary N) is 2. The van der Waals surface area contributed by atoms with Gasteiger partial charge in [-0.25, -0.2) is 13.6 Å². The average Bonchev–Trinajstić information content (AvgIpc) is 3.01. The molecule has 0 spiro atoms. The van der Waals surface area contributed by atoms with Crippen molar-refractivity contribution in [2.45, 2.75) is 41.4 Å². The molecule has 4 N–H and O–H groups in total. The van der Waals surface area contributed by atoms with E-state index in [4.69, 9.17) is 14.1 Å². The van der Waals surface area contributed by atoms with Crippen LogP contribution in [0.2, 0.25) is 0 Å². The number of amides is 2. The van der Waals surface area contributed by atoms with Gasteiger partial charge in [-0.2, -0.15) is 34.8 Å². The number of rotatable bonds is 15. The van der Waals surface area contributed by atoms with Crippen LogP contribution in [0.25, 0.3) is 0 Å². The zero-order valence-corrected chi connectivity index (χ0v) is 26.4. The summed E-state index contributed by atoms with van der Waals surface area (Å²) >= 11 is 0. The summed E-state index contributed by atoms with van der Waals surface area (Å²) in [6.45, 7) is -0.945. The predicted octanol–water partition coefficient (Wildman–Crippen LogP) is 4.49. The molecule has 0 atom stereocenters. The second-order valence-electron chi connectivity index (χ2n) is 10.0. The van der Waals surface area contributed by atoms with E-state index in [-0.39, 0.29) is 28.6 Å². The number of nitrogens with two attached hydrogens (primary N) is 1. The van der Waals surface area contributed by atoms with E-state index in [2.05, 4.69) is 10.6 Å². The summed E-state index contributed by atoms with van der Waals surface area (Å²) < 4.78 is 136. The van der Waals surface area contributed by atoms with Gasteiger partial charge in [0.1, 0.15) is 19.0 Å². The molecule has 3 aromatic carbocycles. The van der Waals surface area contributed by atoms with Gasteiger partial charge in [0.25, 0.3) is 21.9 Å². The van der Waals surface area contributed by atoms with E-state index in [9.17, 15) is 52.8 Å². The number of carbonyl (C=O) groups excluding carboxylic acids is 2. The smallest absolute Gasteiger partial charge is 0.416 e. The van der Waals surface area contributed by atoms with Gasteiger partial charge >= 0.3 is 12.4 Å². The number of sulfonamides is 1. The van der Waals surface area contributed by atoms with Crippen LogP contribution in [0, 0.1) is 0 Å². The maximum Gasteiger partial charge on any atom is 0.416 e. The number of carbonyl (C=O) groups is 2. The fourth-order valence-electron chi connectivity index (χ4n) is 4.00. The Morgan fingerprint density at radius 1 is 0.667 bits per heavy atom. The van der Waals surface area contributed by atoms with Gasteiger partial charge in [0.2, 0.25) is 10.0 Å². The molecule has 0 unspecified atom stereocenters. The van der Waals surface area contributed by atoms with E-state index in [1.807, 2.05) is 0 Å². The van der Waals surface area contributed by atoms with E-state index in [0.29, 0.717) is 37.9 Å². The van der Waals surface area contributed by atoms with Gasteiger partial charge in [0.05, 0.1) is 20.9 Å². The van der Waals surface area contributed by atoms with Crippen molar-refractivity contribution in [1.82, 2.24) is 10.6 Å². The number of alkyl halides is 6. The maximum absolute atomic E-state index is 13.0. The van der Waals surface area contributed by atoms with Crippen molar-refractivity contribution in [2.24, 2.45) is 5.14 Å². The van der Waals surface area contributed by atoms with Crippen LogP contribution in [0.15, 0.2) is 76.5 Å². The largest absolute Gasteiger partial charge is 0.491 e. The molecule has 0 aromatic heterocycles.